The number of ether oxygens (including phenoxy) is 2. The first-order valence-corrected chi connectivity index (χ1v) is 5.52. The maximum Gasteiger partial charge on any atom is 0.356 e. The van der Waals surface area contributed by atoms with Gasteiger partial charge in [0.2, 0.25) is 0 Å². The molecule has 1 aliphatic rings. The van der Waals surface area contributed by atoms with Crippen molar-refractivity contribution in [2.24, 2.45) is 0 Å². The van der Waals surface area contributed by atoms with Crippen molar-refractivity contribution in [2.45, 2.75) is 20.1 Å². The zero-order chi connectivity index (χ0) is 13.1. The molecule has 1 atom stereocenters. The van der Waals surface area contributed by atoms with Crippen molar-refractivity contribution in [2.75, 3.05) is 0 Å². The summed E-state index contributed by atoms with van der Waals surface area (Å²) in [4.78, 5) is 22.3. The van der Waals surface area contributed by atoms with Gasteiger partial charge >= 0.3 is 11.9 Å². The summed E-state index contributed by atoms with van der Waals surface area (Å²) >= 11 is 0. The number of carbonyl (C=O) groups excluding carboxylic acids is 2. The first kappa shape index (κ1) is 12.2. The van der Waals surface area contributed by atoms with Crippen LogP contribution in [0, 0.1) is 0 Å². The first-order valence-electron chi connectivity index (χ1n) is 5.52. The van der Waals surface area contributed by atoms with Crippen LogP contribution >= 0.6 is 0 Å². The Kier molecular flexibility index (Phi) is 3.32. The molecule has 1 fully saturated rings. The van der Waals surface area contributed by atoms with Crippen LogP contribution in [0.2, 0.25) is 0 Å². The van der Waals surface area contributed by atoms with Crippen molar-refractivity contribution in [3.63, 3.8) is 0 Å². The lowest BCUT2D eigenvalue weighted by atomic mass is 10.2. The van der Waals surface area contributed by atoms with Crippen molar-refractivity contribution in [1.82, 2.24) is 5.32 Å². The standard InChI is InChI=1S/C13H13NO4/c1-8-14-12(13(16)17-8)7-10-4-3-5-11(6-10)18-9(2)15/h3-8,14H,1-2H3/b12-7+/t8-/m0/s1. The second-order valence-electron chi connectivity index (χ2n) is 3.92. The summed E-state index contributed by atoms with van der Waals surface area (Å²) in [5.41, 5.74) is 1.14. The van der Waals surface area contributed by atoms with Gasteiger partial charge in [-0.3, -0.25) is 4.79 Å². The van der Waals surface area contributed by atoms with Crippen LogP contribution < -0.4 is 10.1 Å². The van der Waals surface area contributed by atoms with Crippen LogP contribution in [0.25, 0.3) is 6.08 Å². The highest BCUT2D eigenvalue weighted by molar-refractivity contribution is 5.94. The highest BCUT2D eigenvalue weighted by Crippen LogP contribution is 2.18. The second kappa shape index (κ2) is 4.91. The minimum atomic E-state index is -0.389. The van der Waals surface area contributed by atoms with E-state index in [9.17, 15) is 9.59 Å². The van der Waals surface area contributed by atoms with Gasteiger partial charge in [-0.15, -0.1) is 0 Å². The monoisotopic (exact) mass is 247 g/mol. The fraction of sp³-hybridized carbons (Fsp3) is 0.231. The molecule has 94 valence electrons. The summed E-state index contributed by atoms with van der Waals surface area (Å²) in [5, 5.41) is 2.89. The van der Waals surface area contributed by atoms with Gasteiger partial charge in [-0.1, -0.05) is 12.1 Å². The third-order valence-corrected chi connectivity index (χ3v) is 2.29. The van der Waals surface area contributed by atoms with Gasteiger partial charge in [0.25, 0.3) is 0 Å². The molecule has 2 rings (SSSR count). The molecule has 1 saturated heterocycles. The Labute approximate surface area is 104 Å². The number of rotatable bonds is 2. The Bertz CT molecular complexity index is 521. The maximum absolute atomic E-state index is 11.4. The van der Waals surface area contributed by atoms with E-state index in [4.69, 9.17) is 9.47 Å². The molecule has 18 heavy (non-hydrogen) atoms. The molecule has 0 saturated carbocycles. The van der Waals surface area contributed by atoms with E-state index in [1.807, 2.05) is 0 Å². The molecule has 0 bridgehead atoms. The fourth-order valence-corrected chi connectivity index (χ4v) is 1.63. The molecule has 1 N–H and O–H groups in total. The quantitative estimate of drug-likeness (QED) is 0.486. The Hall–Kier alpha value is -2.30. The van der Waals surface area contributed by atoms with Gasteiger partial charge in [0.15, 0.2) is 6.23 Å². The summed E-state index contributed by atoms with van der Waals surface area (Å²) in [6.07, 6.45) is 1.33. The Balaban J connectivity index is 2.21. The van der Waals surface area contributed by atoms with E-state index in [0.29, 0.717) is 11.4 Å². The van der Waals surface area contributed by atoms with Crippen molar-refractivity contribution in [1.29, 1.82) is 0 Å². The Morgan fingerprint density at radius 1 is 1.50 bits per heavy atom. The first-order chi connectivity index (χ1) is 8.54. The minimum Gasteiger partial charge on any atom is -0.437 e. The molecular formula is C13H13NO4. The topological polar surface area (TPSA) is 64.6 Å². The minimum absolute atomic E-state index is 0.319. The van der Waals surface area contributed by atoms with Crippen LogP contribution in [-0.4, -0.2) is 18.2 Å². The van der Waals surface area contributed by atoms with Crippen LogP contribution in [0.5, 0.6) is 5.75 Å². The number of carbonyl (C=O) groups is 2. The van der Waals surface area contributed by atoms with E-state index in [0.717, 1.165) is 5.56 Å². The lowest BCUT2D eigenvalue weighted by Crippen LogP contribution is -2.16. The van der Waals surface area contributed by atoms with E-state index in [2.05, 4.69) is 5.32 Å². The van der Waals surface area contributed by atoms with Crippen molar-refractivity contribution < 1.29 is 19.1 Å². The van der Waals surface area contributed by atoms with E-state index in [1.165, 1.54) is 6.92 Å². The molecule has 1 aromatic carbocycles. The van der Waals surface area contributed by atoms with E-state index >= 15 is 0 Å². The number of benzene rings is 1. The molecule has 0 amide bonds. The van der Waals surface area contributed by atoms with E-state index in [-0.39, 0.29) is 18.2 Å². The summed E-state index contributed by atoms with van der Waals surface area (Å²) < 4.78 is 9.90. The predicted molar refractivity (Wildman–Crippen MR) is 64.4 cm³/mol. The molecule has 0 spiro atoms. The smallest absolute Gasteiger partial charge is 0.356 e. The van der Waals surface area contributed by atoms with Gasteiger partial charge in [-0.05, 0) is 30.7 Å². The third-order valence-electron chi connectivity index (χ3n) is 2.29. The van der Waals surface area contributed by atoms with E-state index < -0.39 is 0 Å². The molecule has 0 aromatic heterocycles. The summed E-state index contributed by atoms with van der Waals surface area (Å²) in [6.45, 7) is 3.08. The molecule has 5 heteroatoms. The SMILES string of the molecule is CC(=O)Oc1cccc(/C=C2/N[C@H](C)OC2=O)c1. The van der Waals surface area contributed by atoms with Crippen LogP contribution in [0.1, 0.15) is 19.4 Å². The average Bonchev–Trinajstić information content (AvgIpc) is 2.57. The van der Waals surface area contributed by atoms with Gasteiger partial charge in [0, 0.05) is 6.92 Å². The van der Waals surface area contributed by atoms with Crippen molar-refractivity contribution >= 4 is 18.0 Å². The highest BCUT2D eigenvalue weighted by atomic mass is 16.6. The second-order valence-corrected chi connectivity index (χ2v) is 3.92. The number of cyclic esters (lactones) is 1. The normalized spacial score (nSPS) is 20.4. The Morgan fingerprint density at radius 3 is 2.89 bits per heavy atom. The van der Waals surface area contributed by atoms with Gasteiger partial charge in [0.1, 0.15) is 11.4 Å². The maximum atomic E-state index is 11.4. The fourth-order valence-electron chi connectivity index (χ4n) is 1.63. The molecule has 1 aromatic rings. The molecule has 0 radical (unpaired) electrons. The predicted octanol–water partition coefficient (Wildman–Crippen LogP) is 1.45. The van der Waals surface area contributed by atoms with Crippen LogP contribution in [0.3, 0.4) is 0 Å². The van der Waals surface area contributed by atoms with Gasteiger partial charge < -0.3 is 14.8 Å². The molecule has 5 nitrogen and oxygen atoms in total. The molecule has 0 aliphatic carbocycles. The van der Waals surface area contributed by atoms with Crippen molar-refractivity contribution in [3.05, 3.63) is 35.5 Å². The lowest BCUT2D eigenvalue weighted by molar-refractivity contribution is -0.138. The van der Waals surface area contributed by atoms with E-state index in [1.54, 1.807) is 37.3 Å². The summed E-state index contributed by atoms with van der Waals surface area (Å²) in [5.74, 6) is -0.330. The van der Waals surface area contributed by atoms with Gasteiger partial charge in [-0.2, -0.15) is 0 Å². The molecular weight excluding hydrogens is 234 g/mol. The third kappa shape index (κ3) is 2.88. The molecule has 1 aliphatic heterocycles. The lowest BCUT2D eigenvalue weighted by Gasteiger charge is -2.02. The highest BCUT2D eigenvalue weighted by Gasteiger charge is 2.23. The summed E-state index contributed by atoms with van der Waals surface area (Å²) in [6, 6.07) is 6.89. The van der Waals surface area contributed by atoms with Gasteiger partial charge in [0.05, 0.1) is 0 Å². The van der Waals surface area contributed by atoms with Crippen LogP contribution in [0.4, 0.5) is 0 Å². The zero-order valence-electron chi connectivity index (χ0n) is 10.1. The van der Waals surface area contributed by atoms with Crippen molar-refractivity contribution in [3.8, 4) is 5.75 Å². The van der Waals surface area contributed by atoms with Gasteiger partial charge in [-0.25, -0.2) is 4.79 Å². The molecule has 0 unspecified atom stereocenters. The number of hydrogen-bond acceptors (Lipinski definition) is 5. The number of nitrogens with one attached hydrogen (secondary N) is 1. The largest absolute Gasteiger partial charge is 0.437 e. The molecule has 1 heterocycles. The zero-order valence-corrected chi connectivity index (χ0v) is 10.1. The number of esters is 2. The van der Waals surface area contributed by atoms with Crippen LogP contribution in [-0.2, 0) is 14.3 Å². The Morgan fingerprint density at radius 2 is 2.28 bits per heavy atom. The summed E-state index contributed by atoms with van der Waals surface area (Å²) in [7, 11) is 0. The number of hydrogen-bond donors (Lipinski definition) is 1. The average molecular weight is 247 g/mol. The van der Waals surface area contributed by atoms with Crippen LogP contribution in [0.15, 0.2) is 30.0 Å².